The number of fused-ring (bicyclic) bond motifs is 1. The maximum absolute atomic E-state index is 8.72. The fourth-order valence-corrected chi connectivity index (χ4v) is 1.29. The van der Waals surface area contributed by atoms with Gasteiger partial charge < -0.3 is 5.11 Å². The Morgan fingerprint density at radius 2 is 2.31 bits per heavy atom. The highest BCUT2D eigenvalue weighted by Crippen LogP contribution is 2.04. The molecule has 13 heavy (non-hydrogen) atoms. The Kier molecular flexibility index (Phi) is 1.98. The predicted octanol–water partition coefficient (Wildman–Crippen LogP) is 0.573. The fourth-order valence-electron chi connectivity index (χ4n) is 1.29. The molecule has 0 aliphatic carbocycles. The van der Waals surface area contributed by atoms with Crippen LogP contribution in [0.25, 0.3) is 5.65 Å². The van der Waals surface area contributed by atoms with E-state index in [9.17, 15) is 0 Å². The minimum Gasteiger partial charge on any atom is -0.396 e. The van der Waals surface area contributed by atoms with Crippen LogP contribution in [0.15, 0.2) is 18.2 Å². The number of rotatable bonds is 2. The number of hydrogen-bond acceptors (Lipinski definition) is 3. The highest BCUT2D eigenvalue weighted by atomic mass is 16.3. The maximum atomic E-state index is 8.72. The summed E-state index contributed by atoms with van der Waals surface area (Å²) < 4.78 is 1.78. The van der Waals surface area contributed by atoms with Gasteiger partial charge in [0, 0.05) is 12.1 Å². The van der Waals surface area contributed by atoms with E-state index in [1.54, 1.807) is 4.52 Å². The average molecular weight is 177 g/mol. The van der Waals surface area contributed by atoms with E-state index >= 15 is 0 Å². The normalized spacial score (nSPS) is 10.9. The molecule has 0 radical (unpaired) electrons. The van der Waals surface area contributed by atoms with Crippen molar-refractivity contribution < 1.29 is 5.11 Å². The molecule has 2 rings (SSSR count). The van der Waals surface area contributed by atoms with Crippen LogP contribution in [0, 0.1) is 6.92 Å². The van der Waals surface area contributed by atoms with Gasteiger partial charge in [-0.1, -0.05) is 6.07 Å². The van der Waals surface area contributed by atoms with E-state index in [2.05, 4.69) is 10.1 Å². The third kappa shape index (κ3) is 1.40. The number of hydrogen-bond donors (Lipinski definition) is 1. The van der Waals surface area contributed by atoms with Crippen LogP contribution in [0.1, 0.15) is 11.5 Å². The lowest BCUT2D eigenvalue weighted by molar-refractivity contribution is 0.296. The van der Waals surface area contributed by atoms with Crippen LogP contribution in [0.3, 0.4) is 0 Å². The Hall–Kier alpha value is -1.42. The van der Waals surface area contributed by atoms with Crippen LogP contribution in [0.4, 0.5) is 0 Å². The van der Waals surface area contributed by atoms with Crippen molar-refractivity contribution in [3.63, 3.8) is 0 Å². The number of pyridine rings is 1. The maximum Gasteiger partial charge on any atom is 0.155 e. The molecular weight excluding hydrogens is 166 g/mol. The fraction of sp³-hybridized carbons (Fsp3) is 0.333. The summed E-state index contributed by atoms with van der Waals surface area (Å²) in [4.78, 5) is 4.26. The number of aromatic nitrogens is 3. The lowest BCUT2D eigenvalue weighted by atomic mass is 10.4. The molecule has 0 aliphatic rings. The van der Waals surface area contributed by atoms with Gasteiger partial charge in [-0.2, -0.15) is 5.10 Å². The van der Waals surface area contributed by atoms with Crippen molar-refractivity contribution in [3.05, 3.63) is 29.7 Å². The molecule has 0 aromatic carbocycles. The van der Waals surface area contributed by atoms with E-state index in [4.69, 9.17) is 5.11 Å². The standard InChI is InChI=1S/C9H11N3O/c1-7-3-2-4-9-10-8(5-6-13)11-12(7)9/h2-4,13H,5-6H2,1H3. The molecule has 0 aliphatic heterocycles. The SMILES string of the molecule is Cc1cccc2nc(CCO)nn12. The molecule has 0 amide bonds. The molecule has 1 N–H and O–H groups in total. The van der Waals surface area contributed by atoms with Crippen molar-refractivity contribution in [1.29, 1.82) is 0 Å². The van der Waals surface area contributed by atoms with Crippen LogP contribution in [0.2, 0.25) is 0 Å². The monoisotopic (exact) mass is 177 g/mol. The van der Waals surface area contributed by atoms with Gasteiger partial charge in [0.2, 0.25) is 0 Å². The summed E-state index contributed by atoms with van der Waals surface area (Å²) in [5, 5.41) is 13.0. The summed E-state index contributed by atoms with van der Waals surface area (Å²) in [5.74, 6) is 0.691. The number of nitrogens with zero attached hydrogens (tertiary/aromatic N) is 3. The molecule has 68 valence electrons. The van der Waals surface area contributed by atoms with Gasteiger partial charge in [0.1, 0.15) is 0 Å². The molecule has 0 spiro atoms. The minimum atomic E-state index is 0.0932. The van der Waals surface area contributed by atoms with Gasteiger partial charge in [-0.05, 0) is 19.1 Å². The Morgan fingerprint density at radius 1 is 1.46 bits per heavy atom. The van der Waals surface area contributed by atoms with Gasteiger partial charge in [-0.25, -0.2) is 9.50 Å². The van der Waals surface area contributed by atoms with Crippen LogP contribution in [0.5, 0.6) is 0 Å². The molecule has 4 heteroatoms. The van der Waals surface area contributed by atoms with Crippen molar-refractivity contribution in [3.8, 4) is 0 Å². The first kappa shape index (κ1) is 8.19. The van der Waals surface area contributed by atoms with Crippen LogP contribution < -0.4 is 0 Å². The van der Waals surface area contributed by atoms with E-state index in [1.807, 2.05) is 25.1 Å². The van der Waals surface area contributed by atoms with Crippen molar-refractivity contribution in [2.75, 3.05) is 6.61 Å². The van der Waals surface area contributed by atoms with Crippen LogP contribution >= 0.6 is 0 Å². The summed E-state index contributed by atoms with van der Waals surface area (Å²) in [6, 6.07) is 5.83. The number of aryl methyl sites for hydroxylation is 1. The van der Waals surface area contributed by atoms with Crippen LogP contribution in [-0.4, -0.2) is 26.3 Å². The molecule has 0 atom stereocenters. The predicted molar refractivity (Wildman–Crippen MR) is 48.5 cm³/mol. The van der Waals surface area contributed by atoms with E-state index < -0.39 is 0 Å². The quantitative estimate of drug-likeness (QED) is 0.729. The Balaban J connectivity index is 2.55. The number of aliphatic hydroxyl groups excluding tert-OH is 1. The second kappa shape index (κ2) is 3.14. The highest BCUT2D eigenvalue weighted by molar-refractivity contribution is 5.38. The van der Waals surface area contributed by atoms with Crippen LogP contribution in [-0.2, 0) is 6.42 Å². The lowest BCUT2D eigenvalue weighted by Crippen LogP contribution is -1.95. The first-order valence-electron chi connectivity index (χ1n) is 4.23. The van der Waals surface area contributed by atoms with Gasteiger partial charge in [-0.15, -0.1) is 0 Å². The summed E-state index contributed by atoms with van der Waals surface area (Å²) in [6.07, 6.45) is 0.515. The first-order valence-corrected chi connectivity index (χ1v) is 4.23. The highest BCUT2D eigenvalue weighted by Gasteiger charge is 2.03. The molecule has 2 heterocycles. The van der Waals surface area contributed by atoms with E-state index in [0.29, 0.717) is 12.2 Å². The topological polar surface area (TPSA) is 50.4 Å². The largest absolute Gasteiger partial charge is 0.396 e. The second-order valence-electron chi connectivity index (χ2n) is 2.94. The minimum absolute atomic E-state index is 0.0932. The smallest absolute Gasteiger partial charge is 0.155 e. The molecule has 2 aromatic rings. The van der Waals surface area contributed by atoms with Gasteiger partial charge in [0.05, 0.1) is 6.61 Å². The van der Waals surface area contributed by atoms with Crippen molar-refractivity contribution in [1.82, 2.24) is 14.6 Å². The Bertz CT molecular complexity index is 422. The van der Waals surface area contributed by atoms with Crippen molar-refractivity contribution in [2.45, 2.75) is 13.3 Å². The van der Waals surface area contributed by atoms with E-state index in [-0.39, 0.29) is 6.61 Å². The molecular formula is C9H11N3O. The summed E-state index contributed by atoms with van der Waals surface area (Å²) >= 11 is 0. The molecule has 4 nitrogen and oxygen atoms in total. The van der Waals surface area contributed by atoms with E-state index in [1.165, 1.54) is 0 Å². The summed E-state index contributed by atoms with van der Waals surface area (Å²) in [5.41, 5.74) is 1.89. The third-order valence-electron chi connectivity index (χ3n) is 1.93. The van der Waals surface area contributed by atoms with Gasteiger partial charge in [-0.3, -0.25) is 0 Å². The zero-order chi connectivity index (χ0) is 9.26. The van der Waals surface area contributed by atoms with Gasteiger partial charge in [0.25, 0.3) is 0 Å². The zero-order valence-corrected chi connectivity index (χ0v) is 7.44. The van der Waals surface area contributed by atoms with Gasteiger partial charge >= 0.3 is 0 Å². The summed E-state index contributed by atoms with van der Waals surface area (Å²) in [7, 11) is 0. The zero-order valence-electron chi connectivity index (χ0n) is 7.44. The molecule has 0 saturated carbocycles. The molecule has 0 bridgehead atoms. The molecule has 0 fully saturated rings. The lowest BCUT2D eigenvalue weighted by Gasteiger charge is -1.93. The van der Waals surface area contributed by atoms with Crippen molar-refractivity contribution >= 4 is 5.65 Å². The third-order valence-corrected chi connectivity index (χ3v) is 1.93. The average Bonchev–Trinajstić information content (AvgIpc) is 2.49. The number of aliphatic hydroxyl groups is 1. The Morgan fingerprint density at radius 3 is 3.00 bits per heavy atom. The Labute approximate surface area is 75.8 Å². The molecule has 2 aromatic heterocycles. The van der Waals surface area contributed by atoms with Gasteiger partial charge in [0.15, 0.2) is 11.5 Å². The van der Waals surface area contributed by atoms with Crippen molar-refractivity contribution in [2.24, 2.45) is 0 Å². The van der Waals surface area contributed by atoms with E-state index in [0.717, 1.165) is 11.3 Å². The second-order valence-corrected chi connectivity index (χ2v) is 2.94. The molecule has 0 unspecified atom stereocenters. The first-order chi connectivity index (χ1) is 6.31. The molecule has 0 saturated heterocycles. The summed E-state index contributed by atoms with van der Waals surface area (Å²) in [6.45, 7) is 2.07.